The standard InChI is InChI=1S/C16H27N5/c1-20(2)12-13-5-7-21(8-6-13)16-11-17-9-15(19-16)10-18-14-3-4-14/h9,11,13-14,18H,3-8,10,12H2,1-2H3. The largest absolute Gasteiger partial charge is 0.355 e. The molecule has 1 saturated heterocycles. The van der Waals surface area contributed by atoms with Crippen LogP contribution in [0, 0.1) is 5.92 Å². The zero-order valence-corrected chi connectivity index (χ0v) is 13.3. The second-order valence-electron chi connectivity index (χ2n) is 6.72. The van der Waals surface area contributed by atoms with E-state index in [1.54, 1.807) is 0 Å². The van der Waals surface area contributed by atoms with Crippen molar-refractivity contribution in [2.24, 2.45) is 5.92 Å². The fraction of sp³-hybridized carbons (Fsp3) is 0.750. The maximum absolute atomic E-state index is 4.77. The highest BCUT2D eigenvalue weighted by Gasteiger charge is 2.22. The van der Waals surface area contributed by atoms with Crippen LogP contribution in [0.3, 0.4) is 0 Å². The first-order valence-electron chi connectivity index (χ1n) is 8.14. The fourth-order valence-electron chi connectivity index (χ4n) is 3.03. The summed E-state index contributed by atoms with van der Waals surface area (Å²) >= 11 is 0. The summed E-state index contributed by atoms with van der Waals surface area (Å²) in [6, 6.07) is 0.720. The number of nitrogens with one attached hydrogen (secondary N) is 1. The van der Waals surface area contributed by atoms with E-state index in [0.717, 1.165) is 43.1 Å². The molecule has 1 N–H and O–H groups in total. The molecular formula is C16H27N5. The first-order chi connectivity index (χ1) is 10.2. The van der Waals surface area contributed by atoms with E-state index >= 15 is 0 Å². The SMILES string of the molecule is CN(C)CC1CCN(c2cncc(CNC3CC3)n2)CC1. The average molecular weight is 289 g/mol. The number of aromatic nitrogens is 2. The van der Waals surface area contributed by atoms with E-state index < -0.39 is 0 Å². The Morgan fingerprint density at radius 1 is 1.19 bits per heavy atom. The van der Waals surface area contributed by atoms with Gasteiger partial charge in [0.15, 0.2) is 0 Å². The third-order valence-electron chi connectivity index (χ3n) is 4.38. The van der Waals surface area contributed by atoms with Gasteiger partial charge in [-0.2, -0.15) is 0 Å². The third-order valence-corrected chi connectivity index (χ3v) is 4.38. The Balaban J connectivity index is 1.53. The number of anilines is 1. The molecule has 5 nitrogen and oxygen atoms in total. The second-order valence-corrected chi connectivity index (χ2v) is 6.72. The molecule has 0 amide bonds. The molecule has 1 aliphatic carbocycles. The van der Waals surface area contributed by atoms with Crippen molar-refractivity contribution in [2.75, 3.05) is 38.6 Å². The Labute approximate surface area is 127 Å². The quantitative estimate of drug-likeness (QED) is 0.860. The normalized spacial score (nSPS) is 20.2. The molecule has 0 unspecified atom stereocenters. The summed E-state index contributed by atoms with van der Waals surface area (Å²) in [5.41, 5.74) is 1.06. The lowest BCUT2D eigenvalue weighted by molar-refractivity contribution is 0.284. The molecule has 5 heteroatoms. The monoisotopic (exact) mass is 289 g/mol. The summed E-state index contributed by atoms with van der Waals surface area (Å²) in [5, 5.41) is 3.51. The van der Waals surface area contributed by atoms with Crippen molar-refractivity contribution in [2.45, 2.75) is 38.3 Å². The first-order valence-corrected chi connectivity index (χ1v) is 8.14. The summed E-state index contributed by atoms with van der Waals surface area (Å²) in [7, 11) is 4.32. The van der Waals surface area contributed by atoms with Gasteiger partial charge in [-0.3, -0.25) is 4.98 Å². The van der Waals surface area contributed by atoms with Gasteiger partial charge in [-0.1, -0.05) is 0 Å². The third kappa shape index (κ3) is 4.38. The molecule has 1 aliphatic heterocycles. The Bertz CT molecular complexity index is 450. The van der Waals surface area contributed by atoms with Crippen molar-refractivity contribution in [1.82, 2.24) is 20.2 Å². The minimum atomic E-state index is 0.720. The molecule has 0 aromatic carbocycles. The molecule has 2 aliphatic rings. The van der Waals surface area contributed by atoms with Gasteiger partial charge in [0.2, 0.25) is 0 Å². The van der Waals surface area contributed by atoms with Crippen LogP contribution in [0.4, 0.5) is 5.82 Å². The van der Waals surface area contributed by atoms with Gasteiger partial charge in [-0.15, -0.1) is 0 Å². The van der Waals surface area contributed by atoms with Crippen LogP contribution >= 0.6 is 0 Å². The van der Waals surface area contributed by atoms with Crippen LogP contribution in [-0.2, 0) is 6.54 Å². The molecule has 116 valence electrons. The van der Waals surface area contributed by atoms with Crippen LogP contribution in [0.25, 0.3) is 0 Å². The molecule has 2 fully saturated rings. The van der Waals surface area contributed by atoms with Crippen LogP contribution in [0.5, 0.6) is 0 Å². The lowest BCUT2D eigenvalue weighted by Crippen LogP contribution is -2.37. The van der Waals surface area contributed by atoms with Gasteiger partial charge < -0.3 is 15.1 Å². The second kappa shape index (κ2) is 6.71. The number of hydrogen-bond acceptors (Lipinski definition) is 5. The Morgan fingerprint density at radius 2 is 1.95 bits per heavy atom. The van der Waals surface area contributed by atoms with E-state index in [4.69, 9.17) is 4.98 Å². The molecule has 1 aromatic heterocycles. The molecule has 1 saturated carbocycles. The molecule has 0 bridgehead atoms. The van der Waals surface area contributed by atoms with Crippen molar-refractivity contribution in [3.05, 3.63) is 18.1 Å². The molecule has 21 heavy (non-hydrogen) atoms. The van der Waals surface area contributed by atoms with Crippen LogP contribution in [0.2, 0.25) is 0 Å². The van der Waals surface area contributed by atoms with Crippen molar-refractivity contribution in [1.29, 1.82) is 0 Å². The smallest absolute Gasteiger partial charge is 0.147 e. The van der Waals surface area contributed by atoms with Crippen LogP contribution in [0.1, 0.15) is 31.4 Å². The molecule has 0 atom stereocenters. The summed E-state index contributed by atoms with van der Waals surface area (Å²) in [6.07, 6.45) is 8.93. The highest BCUT2D eigenvalue weighted by atomic mass is 15.2. The van der Waals surface area contributed by atoms with E-state index in [1.165, 1.54) is 32.2 Å². The maximum atomic E-state index is 4.77. The van der Waals surface area contributed by atoms with Gasteiger partial charge in [0, 0.05) is 38.4 Å². The van der Waals surface area contributed by atoms with Crippen LogP contribution in [-0.4, -0.2) is 54.6 Å². The number of rotatable bonds is 6. The first kappa shape index (κ1) is 14.7. The highest BCUT2D eigenvalue weighted by Crippen LogP contribution is 2.22. The predicted molar refractivity (Wildman–Crippen MR) is 85.4 cm³/mol. The lowest BCUT2D eigenvalue weighted by atomic mass is 9.96. The molecule has 0 radical (unpaired) electrons. The topological polar surface area (TPSA) is 44.3 Å². The van der Waals surface area contributed by atoms with Gasteiger partial charge in [0.25, 0.3) is 0 Å². The van der Waals surface area contributed by atoms with Crippen LogP contribution < -0.4 is 10.2 Å². The van der Waals surface area contributed by atoms with Crippen molar-refractivity contribution >= 4 is 5.82 Å². The summed E-state index contributed by atoms with van der Waals surface area (Å²) in [4.78, 5) is 13.8. The Hall–Kier alpha value is -1.20. The molecule has 2 heterocycles. The number of nitrogens with zero attached hydrogens (tertiary/aromatic N) is 4. The lowest BCUT2D eigenvalue weighted by Gasteiger charge is -2.33. The zero-order chi connectivity index (χ0) is 14.7. The van der Waals surface area contributed by atoms with Crippen molar-refractivity contribution in [3.63, 3.8) is 0 Å². The summed E-state index contributed by atoms with van der Waals surface area (Å²) in [5.74, 6) is 1.87. The molecule has 3 rings (SSSR count). The van der Waals surface area contributed by atoms with Crippen molar-refractivity contribution < 1.29 is 0 Å². The van der Waals surface area contributed by atoms with Crippen molar-refractivity contribution in [3.8, 4) is 0 Å². The van der Waals surface area contributed by atoms with Gasteiger partial charge >= 0.3 is 0 Å². The van der Waals surface area contributed by atoms with E-state index in [0.29, 0.717) is 0 Å². The fourth-order valence-corrected chi connectivity index (χ4v) is 3.03. The average Bonchev–Trinajstić information content (AvgIpc) is 3.30. The Morgan fingerprint density at radius 3 is 2.62 bits per heavy atom. The van der Waals surface area contributed by atoms with Gasteiger partial charge in [-0.05, 0) is 45.7 Å². The summed E-state index contributed by atoms with van der Waals surface area (Å²) in [6.45, 7) is 4.26. The van der Waals surface area contributed by atoms with E-state index in [9.17, 15) is 0 Å². The zero-order valence-electron chi connectivity index (χ0n) is 13.3. The van der Waals surface area contributed by atoms with E-state index in [-0.39, 0.29) is 0 Å². The number of piperidine rings is 1. The summed E-state index contributed by atoms with van der Waals surface area (Å²) < 4.78 is 0. The van der Waals surface area contributed by atoms with Gasteiger partial charge in [-0.25, -0.2) is 4.98 Å². The molecule has 0 spiro atoms. The van der Waals surface area contributed by atoms with Gasteiger partial charge in [0.1, 0.15) is 5.82 Å². The highest BCUT2D eigenvalue weighted by molar-refractivity contribution is 5.36. The molecule has 1 aromatic rings. The van der Waals surface area contributed by atoms with Crippen LogP contribution in [0.15, 0.2) is 12.4 Å². The predicted octanol–water partition coefficient (Wildman–Crippen LogP) is 1.51. The van der Waals surface area contributed by atoms with Gasteiger partial charge in [0.05, 0.1) is 11.9 Å². The number of hydrogen-bond donors (Lipinski definition) is 1. The Kier molecular flexibility index (Phi) is 4.70. The molecular weight excluding hydrogens is 262 g/mol. The minimum absolute atomic E-state index is 0.720. The minimum Gasteiger partial charge on any atom is -0.355 e. The van der Waals surface area contributed by atoms with E-state index in [1.807, 2.05) is 12.4 Å². The maximum Gasteiger partial charge on any atom is 0.147 e. The van der Waals surface area contributed by atoms with E-state index in [2.05, 4.69) is 34.2 Å².